The molecule has 1 aromatic heterocycles. The van der Waals surface area contributed by atoms with Gasteiger partial charge in [-0.1, -0.05) is 26.9 Å². The van der Waals surface area contributed by atoms with E-state index in [0.717, 1.165) is 0 Å². The van der Waals surface area contributed by atoms with Crippen LogP contribution in [0.5, 0.6) is 11.5 Å². The maximum atomic E-state index is 13.7. The fraction of sp³-hybridized carbons (Fsp3) is 0.227. The second-order valence-electron chi connectivity index (χ2n) is 7.35. The number of alkyl halides is 1. The number of esters is 2. The van der Waals surface area contributed by atoms with E-state index in [9.17, 15) is 14.4 Å². The molecule has 0 aliphatic carbocycles. The molecule has 0 amide bonds. The Hall–Kier alpha value is -2.26. The molecule has 1 atom stereocenters. The normalized spacial score (nSPS) is 11.9. The smallest absolute Gasteiger partial charge is 0.308 e. The summed E-state index contributed by atoms with van der Waals surface area (Å²) in [6, 6.07) is 3.12. The Morgan fingerprint density at radius 2 is 1.55 bits per heavy atom. The van der Waals surface area contributed by atoms with Gasteiger partial charge in [-0.3, -0.25) is 14.4 Å². The van der Waals surface area contributed by atoms with Crippen molar-refractivity contribution in [2.24, 2.45) is 0 Å². The van der Waals surface area contributed by atoms with Crippen molar-refractivity contribution in [2.45, 2.75) is 32.5 Å². The van der Waals surface area contributed by atoms with Crippen LogP contribution in [-0.2, 0) is 9.59 Å². The van der Waals surface area contributed by atoms with Gasteiger partial charge in [-0.15, -0.1) is 0 Å². The predicted octanol–water partition coefficient (Wildman–Crippen LogP) is 2.42. The van der Waals surface area contributed by atoms with Crippen LogP contribution in [0.25, 0.3) is 11.0 Å². The standard InChI is InChI=1S/C22H15B3Br2O6/c1-7-5-11(6-12(27)19(7)31-9(3)28)18(30)14-13-15(23)16(24)22(32-10(4)29)17(25)21(13)33-20(14)8(2)26/h5-6,8H,1-4H3. The number of ether oxygens (including phenoxy) is 2. The van der Waals surface area contributed by atoms with Crippen LogP contribution in [0.1, 0.15) is 52.8 Å². The van der Waals surface area contributed by atoms with Gasteiger partial charge in [0.1, 0.15) is 46.4 Å². The number of fused-ring (bicyclic) bond motifs is 1. The van der Waals surface area contributed by atoms with Crippen molar-refractivity contribution < 1.29 is 28.3 Å². The van der Waals surface area contributed by atoms with Crippen molar-refractivity contribution in [1.82, 2.24) is 0 Å². The van der Waals surface area contributed by atoms with E-state index < -0.39 is 22.5 Å². The fourth-order valence-electron chi connectivity index (χ4n) is 3.44. The van der Waals surface area contributed by atoms with Crippen molar-refractivity contribution >= 4 is 100 Å². The largest absolute Gasteiger partial charge is 0.460 e. The van der Waals surface area contributed by atoms with Crippen LogP contribution in [0.15, 0.2) is 21.0 Å². The third kappa shape index (κ3) is 4.71. The summed E-state index contributed by atoms with van der Waals surface area (Å²) in [6.07, 6.45) is 0. The lowest BCUT2D eigenvalue weighted by molar-refractivity contribution is -0.132. The van der Waals surface area contributed by atoms with Gasteiger partial charge in [0.25, 0.3) is 0 Å². The second kappa shape index (κ2) is 9.54. The van der Waals surface area contributed by atoms with Gasteiger partial charge in [0, 0.05) is 24.8 Å². The zero-order valence-electron chi connectivity index (χ0n) is 18.2. The molecule has 0 bridgehead atoms. The molecule has 0 N–H and O–H groups in total. The zero-order chi connectivity index (χ0) is 24.8. The van der Waals surface area contributed by atoms with Gasteiger partial charge in [-0.05, 0) is 52.9 Å². The molecule has 0 saturated heterocycles. The van der Waals surface area contributed by atoms with Crippen molar-refractivity contribution in [3.8, 4) is 11.5 Å². The lowest BCUT2D eigenvalue weighted by Gasteiger charge is -2.15. The number of halogens is 2. The number of furan rings is 1. The van der Waals surface area contributed by atoms with Crippen LogP contribution in [0.2, 0.25) is 0 Å². The number of carbonyl (C=O) groups is 3. The lowest BCUT2D eigenvalue weighted by atomic mass is 9.72. The molecule has 3 rings (SSSR count). The maximum Gasteiger partial charge on any atom is 0.308 e. The highest BCUT2D eigenvalue weighted by Crippen LogP contribution is 2.37. The molecule has 0 fully saturated rings. The van der Waals surface area contributed by atoms with Gasteiger partial charge in [0.05, 0.1) is 14.9 Å². The first kappa shape index (κ1) is 25.4. The minimum Gasteiger partial charge on any atom is -0.460 e. The Morgan fingerprint density at radius 3 is 2.06 bits per heavy atom. The Labute approximate surface area is 211 Å². The summed E-state index contributed by atoms with van der Waals surface area (Å²) in [6.45, 7) is 5.95. The summed E-state index contributed by atoms with van der Waals surface area (Å²) in [7, 11) is 18.6. The Bertz CT molecular complexity index is 1310. The summed E-state index contributed by atoms with van der Waals surface area (Å²) in [5.41, 5.74) is 0.945. The molecular formula is C22H15B3Br2O6. The van der Waals surface area contributed by atoms with E-state index in [0.29, 0.717) is 15.8 Å². The molecule has 33 heavy (non-hydrogen) atoms. The predicted molar refractivity (Wildman–Crippen MR) is 135 cm³/mol. The van der Waals surface area contributed by atoms with Crippen molar-refractivity contribution in [1.29, 1.82) is 0 Å². The number of ketones is 1. The van der Waals surface area contributed by atoms with E-state index in [1.54, 1.807) is 19.9 Å². The van der Waals surface area contributed by atoms with Gasteiger partial charge in [-0.25, -0.2) is 0 Å². The first-order chi connectivity index (χ1) is 15.3. The summed E-state index contributed by atoms with van der Waals surface area (Å²) in [5, 5.41) is 0.213. The molecule has 0 aliphatic heterocycles. The molecule has 0 saturated carbocycles. The van der Waals surface area contributed by atoms with Gasteiger partial charge in [-0.2, -0.15) is 0 Å². The molecule has 6 nitrogen and oxygen atoms in total. The molecule has 1 unspecified atom stereocenters. The van der Waals surface area contributed by atoms with Crippen LogP contribution in [0, 0.1) is 6.92 Å². The topological polar surface area (TPSA) is 82.8 Å². The maximum absolute atomic E-state index is 13.7. The van der Waals surface area contributed by atoms with Crippen LogP contribution < -0.4 is 25.9 Å². The summed E-state index contributed by atoms with van der Waals surface area (Å²) in [5.74, 6) is -1.10. The molecular weight excluding hydrogens is 552 g/mol. The molecule has 6 radical (unpaired) electrons. The molecule has 3 aromatic rings. The third-order valence-electron chi connectivity index (χ3n) is 4.80. The van der Waals surface area contributed by atoms with Gasteiger partial charge >= 0.3 is 11.9 Å². The van der Waals surface area contributed by atoms with Crippen molar-refractivity contribution in [3.05, 3.63) is 39.1 Å². The average Bonchev–Trinajstić information content (AvgIpc) is 3.12. The highest BCUT2D eigenvalue weighted by atomic mass is 79.9. The minimum atomic E-state index is -0.641. The molecule has 2 aromatic carbocycles. The number of rotatable bonds is 5. The minimum absolute atomic E-state index is 0.00530. The van der Waals surface area contributed by atoms with E-state index in [4.69, 9.17) is 37.4 Å². The summed E-state index contributed by atoms with van der Waals surface area (Å²) < 4.78 is 16.7. The van der Waals surface area contributed by atoms with E-state index in [2.05, 4.69) is 31.9 Å². The third-order valence-corrected chi connectivity index (χ3v) is 5.81. The number of benzene rings is 2. The first-order valence-electron chi connectivity index (χ1n) is 9.63. The molecule has 0 spiro atoms. The lowest BCUT2D eigenvalue weighted by Crippen LogP contribution is -2.35. The van der Waals surface area contributed by atoms with Gasteiger partial charge < -0.3 is 13.9 Å². The highest BCUT2D eigenvalue weighted by Gasteiger charge is 2.29. The number of hydrogen-bond donors (Lipinski definition) is 0. The van der Waals surface area contributed by atoms with Crippen LogP contribution >= 0.6 is 31.9 Å². The first-order valence-corrected chi connectivity index (χ1v) is 11.3. The van der Waals surface area contributed by atoms with Gasteiger partial charge in [0.2, 0.25) is 0 Å². The van der Waals surface area contributed by atoms with E-state index in [1.807, 2.05) is 0 Å². The zero-order valence-corrected chi connectivity index (χ0v) is 21.3. The average molecular weight is 568 g/mol. The van der Waals surface area contributed by atoms with E-state index in [1.165, 1.54) is 19.9 Å². The Kier molecular flexibility index (Phi) is 7.34. The highest BCUT2D eigenvalue weighted by molar-refractivity contribution is 9.10. The number of aryl methyl sites for hydroxylation is 1. The Morgan fingerprint density at radius 1 is 0.970 bits per heavy atom. The number of hydrogen-bond acceptors (Lipinski definition) is 6. The molecule has 0 aliphatic rings. The molecule has 11 heteroatoms. The van der Waals surface area contributed by atoms with E-state index in [-0.39, 0.29) is 50.0 Å². The van der Waals surface area contributed by atoms with Crippen molar-refractivity contribution in [2.75, 3.05) is 0 Å². The van der Waals surface area contributed by atoms with Crippen LogP contribution in [-0.4, -0.2) is 41.3 Å². The van der Waals surface area contributed by atoms with Crippen molar-refractivity contribution in [3.63, 3.8) is 0 Å². The summed E-state index contributed by atoms with van der Waals surface area (Å²) >= 11 is 6.79. The quantitative estimate of drug-likeness (QED) is 0.155. The molecule has 1 heterocycles. The summed E-state index contributed by atoms with van der Waals surface area (Å²) in [4.78, 5) is 36.2. The van der Waals surface area contributed by atoms with Crippen LogP contribution in [0.4, 0.5) is 0 Å². The second-order valence-corrected chi connectivity index (χ2v) is 9.58. The number of carbonyl (C=O) groups excluding carboxylic acids is 3. The Balaban J connectivity index is 2.30. The van der Waals surface area contributed by atoms with Gasteiger partial charge in [0.15, 0.2) is 5.78 Å². The SMILES string of the molecule is [B]c1c(OC(C)=O)c([B])c2oc(C(C)Br)c(C(=O)c3cc(C)c(OC(C)=O)c(Br)c3)c2c1[B]. The van der Waals surface area contributed by atoms with Crippen LogP contribution in [0.3, 0.4) is 0 Å². The monoisotopic (exact) mass is 566 g/mol. The van der Waals surface area contributed by atoms with E-state index >= 15 is 0 Å². The fourth-order valence-corrected chi connectivity index (χ4v) is 4.40. The molecule has 162 valence electrons.